The van der Waals surface area contributed by atoms with Crippen molar-refractivity contribution in [2.45, 2.75) is 12.8 Å². The number of hydrogen-bond acceptors (Lipinski definition) is 1. The summed E-state index contributed by atoms with van der Waals surface area (Å²) in [5.74, 6) is 0.863. The number of aromatic nitrogens is 1. The van der Waals surface area contributed by atoms with Crippen LogP contribution < -0.4 is 0 Å². The first-order valence-electron chi connectivity index (χ1n) is 3.70. The lowest BCUT2D eigenvalue weighted by atomic mass is 10.1. The summed E-state index contributed by atoms with van der Waals surface area (Å²) in [6.45, 7) is 0. The van der Waals surface area contributed by atoms with Gasteiger partial charge >= 0.3 is 0 Å². The van der Waals surface area contributed by atoms with Gasteiger partial charge in [0.05, 0.1) is 0 Å². The van der Waals surface area contributed by atoms with Gasteiger partial charge < -0.3 is 0 Å². The van der Waals surface area contributed by atoms with Crippen molar-refractivity contribution in [2.75, 3.05) is 0 Å². The highest BCUT2D eigenvalue weighted by Crippen LogP contribution is 2.33. The van der Waals surface area contributed by atoms with Gasteiger partial charge in [0, 0.05) is 12.4 Å². The minimum Gasteiger partial charge on any atom is -0.265 e. The van der Waals surface area contributed by atoms with Gasteiger partial charge in [-0.05, 0) is 42.9 Å². The summed E-state index contributed by atoms with van der Waals surface area (Å²) >= 11 is 0. The van der Waals surface area contributed by atoms with E-state index < -0.39 is 0 Å². The van der Waals surface area contributed by atoms with Crippen LogP contribution in [0.4, 0.5) is 0 Å². The first-order valence-corrected chi connectivity index (χ1v) is 3.70. The molecule has 10 heavy (non-hydrogen) atoms. The standard InChI is InChI=1S/C9H10N/c1-2-8(1)7-9-3-5-10-6-4-9/h3-8H,1-2H2. The quantitative estimate of drug-likeness (QED) is 0.600. The zero-order chi connectivity index (χ0) is 6.81. The molecule has 51 valence electrons. The molecule has 0 N–H and O–H groups in total. The fourth-order valence-electron chi connectivity index (χ4n) is 1.01. The Kier molecular flexibility index (Phi) is 1.42. The smallest absolute Gasteiger partial charge is 0.0270 e. The minimum atomic E-state index is 0.863. The summed E-state index contributed by atoms with van der Waals surface area (Å²) in [5, 5.41) is 0. The number of hydrogen-bond donors (Lipinski definition) is 0. The van der Waals surface area contributed by atoms with Crippen LogP contribution in [0.1, 0.15) is 18.4 Å². The molecule has 0 atom stereocenters. The van der Waals surface area contributed by atoms with E-state index in [2.05, 4.69) is 23.5 Å². The minimum absolute atomic E-state index is 0.863. The molecular weight excluding hydrogens is 122 g/mol. The molecule has 1 aromatic rings. The predicted octanol–water partition coefficient (Wildman–Crippen LogP) is 2.04. The molecule has 1 aliphatic rings. The normalized spacial score (nSPS) is 17.2. The van der Waals surface area contributed by atoms with Crippen LogP contribution in [-0.2, 0) is 0 Å². The molecule has 0 bridgehead atoms. The van der Waals surface area contributed by atoms with E-state index in [4.69, 9.17) is 0 Å². The highest BCUT2D eigenvalue weighted by atomic mass is 14.6. The van der Waals surface area contributed by atoms with Crippen molar-refractivity contribution < 1.29 is 0 Å². The molecule has 0 aromatic carbocycles. The van der Waals surface area contributed by atoms with Crippen LogP contribution >= 0.6 is 0 Å². The lowest BCUT2D eigenvalue weighted by Crippen LogP contribution is -1.82. The number of pyridine rings is 1. The van der Waals surface area contributed by atoms with Crippen molar-refractivity contribution in [2.24, 2.45) is 5.92 Å². The zero-order valence-corrected chi connectivity index (χ0v) is 5.83. The maximum absolute atomic E-state index is 3.95. The lowest BCUT2D eigenvalue weighted by Gasteiger charge is -1.94. The molecule has 0 saturated heterocycles. The first-order chi connectivity index (χ1) is 4.95. The van der Waals surface area contributed by atoms with Gasteiger partial charge in [0.15, 0.2) is 0 Å². The molecule has 2 rings (SSSR count). The van der Waals surface area contributed by atoms with Crippen LogP contribution in [0.5, 0.6) is 0 Å². The Morgan fingerprint density at radius 2 is 2.00 bits per heavy atom. The Labute approximate surface area is 61.1 Å². The van der Waals surface area contributed by atoms with Crippen LogP contribution in [0.25, 0.3) is 0 Å². The van der Waals surface area contributed by atoms with E-state index in [1.165, 1.54) is 18.4 Å². The van der Waals surface area contributed by atoms with Gasteiger partial charge in [-0.2, -0.15) is 0 Å². The van der Waals surface area contributed by atoms with E-state index >= 15 is 0 Å². The maximum atomic E-state index is 3.95. The highest BCUT2D eigenvalue weighted by molar-refractivity contribution is 5.22. The van der Waals surface area contributed by atoms with E-state index in [-0.39, 0.29) is 0 Å². The molecule has 1 fully saturated rings. The van der Waals surface area contributed by atoms with Gasteiger partial charge in [-0.1, -0.05) is 0 Å². The largest absolute Gasteiger partial charge is 0.265 e. The summed E-state index contributed by atoms with van der Waals surface area (Å²) < 4.78 is 0. The molecule has 0 unspecified atom stereocenters. The van der Waals surface area contributed by atoms with E-state index in [0.29, 0.717) is 0 Å². The van der Waals surface area contributed by atoms with Crippen molar-refractivity contribution in [3.05, 3.63) is 36.5 Å². The monoisotopic (exact) mass is 132 g/mol. The molecule has 1 nitrogen and oxygen atoms in total. The summed E-state index contributed by atoms with van der Waals surface area (Å²) in [4.78, 5) is 3.95. The molecular formula is C9H10N. The molecule has 1 saturated carbocycles. The van der Waals surface area contributed by atoms with Crippen molar-refractivity contribution in [3.63, 3.8) is 0 Å². The fraction of sp³-hybridized carbons (Fsp3) is 0.333. The molecule has 1 aliphatic carbocycles. The first kappa shape index (κ1) is 5.90. The van der Waals surface area contributed by atoms with Gasteiger partial charge in [-0.25, -0.2) is 0 Å². The molecule has 0 spiro atoms. The molecule has 1 radical (unpaired) electrons. The van der Waals surface area contributed by atoms with Gasteiger partial charge in [0.2, 0.25) is 0 Å². The average Bonchev–Trinajstić information content (AvgIpc) is 2.74. The zero-order valence-electron chi connectivity index (χ0n) is 5.83. The van der Waals surface area contributed by atoms with Crippen molar-refractivity contribution in [1.82, 2.24) is 4.98 Å². The van der Waals surface area contributed by atoms with Gasteiger partial charge in [0.25, 0.3) is 0 Å². The van der Waals surface area contributed by atoms with Gasteiger partial charge in [0.1, 0.15) is 0 Å². The third-order valence-corrected chi connectivity index (χ3v) is 1.76. The predicted molar refractivity (Wildman–Crippen MR) is 40.4 cm³/mol. The van der Waals surface area contributed by atoms with Crippen molar-refractivity contribution in [3.8, 4) is 0 Å². The Balaban J connectivity index is 2.03. The van der Waals surface area contributed by atoms with E-state index in [0.717, 1.165) is 5.92 Å². The van der Waals surface area contributed by atoms with Crippen molar-refractivity contribution >= 4 is 0 Å². The summed E-state index contributed by atoms with van der Waals surface area (Å²) in [7, 11) is 0. The van der Waals surface area contributed by atoms with Crippen LogP contribution in [0.3, 0.4) is 0 Å². The molecule has 1 heteroatoms. The third-order valence-electron chi connectivity index (χ3n) is 1.76. The van der Waals surface area contributed by atoms with Crippen molar-refractivity contribution in [1.29, 1.82) is 0 Å². The second kappa shape index (κ2) is 2.41. The maximum Gasteiger partial charge on any atom is 0.0270 e. The van der Waals surface area contributed by atoms with E-state index in [1.54, 1.807) is 0 Å². The number of nitrogens with zero attached hydrogens (tertiary/aromatic N) is 1. The molecule has 0 amide bonds. The summed E-state index contributed by atoms with van der Waals surface area (Å²) in [6, 6.07) is 4.11. The second-order valence-electron chi connectivity index (χ2n) is 2.78. The van der Waals surface area contributed by atoms with Gasteiger partial charge in [-0.15, -0.1) is 0 Å². The topological polar surface area (TPSA) is 12.9 Å². The Hall–Kier alpha value is -0.850. The Bertz CT molecular complexity index is 201. The fourth-order valence-corrected chi connectivity index (χ4v) is 1.01. The Morgan fingerprint density at radius 3 is 2.60 bits per heavy atom. The lowest BCUT2D eigenvalue weighted by molar-refractivity contribution is 1.02. The molecule has 0 aliphatic heterocycles. The van der Waals surface area contributed by atoms with E-state index in [1.807, 2.05) is 12.4 Å². The summed E-state index contributed by atoms with van der Waals surface area (Å²) in [6.07, 6.45) is 8.76. The van der Waals surface area contributed by atoms with Crippen LogP contribution in [0.15, 0.2) is 24.5 Å². The second-order valence-corrected chi connectivity index (χ2v) is 2.78. The Morgan fingerprint density at radius 1 is 1.30 bits per heavy atom. The average molecular weight is 132 g/mol. The van der Waals surface area contributed by atoms with Gasteiger partial charge in [-0.3, -0.25) is 4.98 Å². The number of rotatable bonds is 2. The van der Waals surface area contributed by atoms with E-state index in [9.17, 15) is 0 Å². The summed E-state index contributed by atoms with van der Waals surface area (Å²) in [5.41, 5.74) is 1.32. The molecule has 1 heterocycles. The third kappa shape index (κ3) is 1.35. The van der Waals surface area contributed by atoms with Crippen LogP contribution in [-0.4, -0.2) is 4.98 Å². The SMILES string of the molecule is [CH](c1ccncc1)C1CC1. The van der Waals surface area contributed by atoms with Crippen LogP contribution in [0.2, 0.25) is 0 Å². The molecule has 1 aromatic heterocycles. The van der Waals surface area contributed by atoms with Crippen LogP contribution in [0, 0.1) is 12.3 Å². The highest BCUT2D eigenvalue weighted by Gasteiger charge is 2.21.